The van der Waals surface area contributed by atoms with E-state index in [2.05, 4.69) is 20.9 Å². The van der Waals surface area contributed by atoms with Gasteiger partial charge in [-0.1, -0.05) is 22.0 Å². The first kappa shape index (κ1) is 15.3. The number of carbonyl (C=O) groups is 1. The molecule has 0 spiro atoms. The maximum Gasteiger partial charge on any atom is 0.328 e. The smallest absolute Gasteiger partial charge is 0.328 e. The minimum Gasteiger partial charge on any atom is -0.487 e. The minimum atomic E-state index is -0.999. The van der Waals surface area contributed by atoms with E-state index in [0.29, 0.717) is 17.9 Å². The summed E-state index contributed by atoms with van der Waals surface area (Å²) in [4.78, 5) is 15.0. The monoisotopic (exact) mass is 347 g/mol. The van der Waals surface area contributed by atoms with E-state index in [4.69, 9.17) is 9.84 Å². The quantitative estimate of drug-likeness (QED) is 0.835. The van der Waals surface area contributed by atoms with Gasteiger partial charge in [-0.05, 0) is 43.3 Å². The van der Waals surface area contributed by atoms with Crippen LogP contribution >= 0.6 is 15.9 Å². The number of hydrogen-bond donors (Lipinski definition) is 1. The zero-order valence-corrected chi connectivity index (χ0v) is 13.0. The number of nitrogens with zero attached hydrogens (tertiary/aromatic N) is 1. The van der Waals surface area contributed by atoms with Gasteiger partial charge in [0.05, 0.1) is 5.69 Å². The van der Waals surface area contributed by atoms with Crippen molar-refractivity contribution in [1.29, 1.82) is 0 Å². The molecule has 0 aliphatic carbocycles. The number of pyridine rings is 1. The highest BCUT2D eigenvalue weighted by atomic mass is 79.9. The molecule has 5 heteroatoms. The van der Waals surface area contributed by atoms with Crippen LogP contribution in [0.5, 0.6) is 5.75 Å². The van der Waals surface area contributed by atoms with Crippen LogP contribution in [0.25, 0.3) is 6.08 Å². The van der Waals surface area contributed by atoms with Crippen LogP contribution in [0.1, 0.15) is 17.0 Å². The zero-order chi connectivity index (χ0) is 15.2. The van der Waals surface area contributed by atoms with Gasteiger partial charge in [0, 0.05) is 21.8 Å². The van der Waals surface area contributed by atoms with Crippen molar-refractivity contribution in [3.8, 4) is 5.75 Å². The molecule has 0 aliphatic heterocycles. The van der Waals surface area contributed by atoms with Crippen LogP contribution in [0.2, 0.25) is 0 Å². The Balaban J connectivity index is 2.17. The van der Waals surface area contributed by atoms with E-state index in [1.807, 2.05) is 31.2 Å². The highest BCUT2D eigenvalue weighted by Gasteiger charge is 2.04. The summed E-state index contributed by atoms with van der Waals surface area (Å²) < 4.78 is 6.59. The van der Waals surface area contributed by atoms with E-state index in [1.54, 1.807) is 12.1 Å². The number of aliphatic carboxylic acids is 1. The fourth-order valence-electron chi connectivity index (χ4n) is 1.77. The molecule has 1 aromatic heterocycles. The molecule has 0 unspecified atom stereocenters. The van der Waals surface area contributed by atoms with Crippen molar-refractivity contribution in [2.24, 2.45) is 0 Å². The molecule has 0 radical (unpaired) electrons. The van der Waals surface area contributed by atoms with Crippen LogP contribution in [-0.4, -0.2) is 16.1 Å². The Bertz CT molecular complexity index is 683. The molecule has 0 fully saturated rings. The van der Waals surface area contributed by atoms with Crippen LogP contribution < -0.4 is 4.74 Å². The van der Waals surface area contributed by atoms with Crippen LogP contribution in [0.4, 0.5) is 0 Å². The summed E-state index contributed by atoms with van der Waals surface area (Å²) in [6.07, 6.45) is 2.59. The Morgan fingerprint density at radius 3 is 2.90 bits per heavy atom. The van der Waals surface area contributed by atoms with E-state index in [0.717, 1.165) is 21.9 Å². The summed E-state index contributed by atoms with van der Waals surface area (Å²) in [6.45, 7) is 2.25. The van der Waals surface area contributed by atoms with Crippen molar-refractivity contribution < 1.29 is 14.6 Å². The largest absolute Gasteiger partial charge is 0.487 e. The van der Waals surface area contributed by atoms with E-state index in [1.165, 1.54) is 6.08 Å². The van der Waals surface area contributed by atoms with Gasteiger partial charge in [0.1, 0.15) is 12.4 Å². The fraction of sp³-hybridized carbons (Fsp3) is 0.125. The third-order valence-electron chi connectivity index (χ3n) is 2.70. The lowest BCUT2D eigenvalue weighted by atomic mass is 10.2. The van der Waals surface area contributed by atoms with Gasteiger partial charge in [-0.15, -0.1) is 0 Å². The summed E-state index contributed by atoms with van der Waals surface area (Å²) in [5, 5.41) is 8.72. The predicted octanol–water partition coefficient (Wildman–Crippen LogP) is 3.83. The Kier molecular flexibility index (Phi) is 5.11. The van der Waals surface area contributed by atoms with Gasteiger partial charge in [-0.3, -0.25) is 4.98 Å². The molecular weight excluding hydrogens is 334 g/mol. The van der Waals surface area contributed by atoms with Crippen LogP contribution in [0, 0.1) is 6.92 Å². The molecule has 0 bridgehead atoms. The number of carboxylic acid groups (broad SMARTS) is 1. The molecule has 0 aliphatic rings. The minimum absolute atomic E-state index is 0.331. The zero-order valence-electron chi connectivity index (χ0n) is 11.4. The second-order valence-electron chi connectivity index (χ2n) is 4.41. The van der Waals surface area contributed by atoms with Crippen molar-refractivity contribution in [2.45, 2.75) is 13.5 Å². The Morgan fingerprint density at radius 1 is 1.38 bits per heavy atom. The van der Waals surface area contributed by atoms with Crippen molar-refractivity contribution in [3.63, 3.8) is 0 Å². The molecule has 1 heterocycles. The summed E-state index contributed by atoms with van der Waals surface area (Å²) in [5.41, 5.74) is 2.45. The summed E-state index contributed by atoms with van der Waals surface area (Å²) in [5.74, 6) is -0.389. The molecule has 0 atom stereocenters. The van der Waals surface area contributed by atoms with Crippen LogP contribution in [0.15, 0.2) is 46.9 Å². The van der Waals surface area contributed by atoms with Crippen molar-refractivity contribution in [3.05, 3.63) is 63.9 Å². The van der Waals surface area contributed by atoms with E-state index in [9.17, 15) is 4.79 Å². The predicted molar refractivity (Wildman–Crippen MR) is 84.1 cm³/mol. The SMILES string of the molecule is Cc1cccc(COc2ccc(Br)cc2C=CC(=O)O)n1. The van der Waals surface area contributed by atoms with Gasteiger partial charge in [0.2, 0.25) is 0 Å². The molecule has 0 saturated carbocycles. The molecule has 1 aromatic carbocycles. The Morgan fingerprint density at radius 2 is 2.19 bits per heavy atom. The van der Waals surface area contributed by atoms with Crippen LogP contribution in [0.3, 0.4) is 0 Å². The molecule has 0 amide bonds. The third kappa shape index (κ3) is 4.72. The van der Waals surface area contributed by atoms with Gasteiger partial charge in [-0.25, -0.2) is 4.79 Å². The van der Waals surface area contributed by atoms with Gasteiger partial charge >= 0.3 is 5.97 Å². The molecule has 4 nitrogen and oxygen atoms in total. The highest BCUT2D eigenvalue weighted by Crippen LogP contribution is 2.25. The van der Waals surface area contributed by atoms with Gasteiger partial charge < -0.3 is 9.84 Å². The Hall–Kier alpha value is -2.14. The number of rotatable bonds is 5. The number of ether oxygens (including phenoxy) is 1. The topological polar surface area (TPSA) is 59.4 Å². The molecule has 2 aromatic rings. The number of hydrogen-bond acceptors (Lipinski definition) is 3. The van der Waals surface area contributed by atoms with Gasteiger partial charge in [0.15, 0.2) is 0 Å². The maximum absolute atomic E-state index is 10.6. The summed E-state index contributed by atoms with van der Waals surface area (Å²) in [6, 6.07) is 11.2. The van der Waals surface area contributed by atoms with E-state index >= 15 is 0 Å². The molecule has 0 saturated heterocycles. The maximum atomic E-state index is 10.6. The van der Waals surface area contributed by atoms with Crippen LogP contribution in [-0.2, 0) is 11.4 Å². The standard InChI is InChI=1S/C16H14BrNO3/c1-11-3-2-4-14(18-11)10-21-15-7-6-13(17)9-12(15)5-8-16(19)20/h2-9H,10H2,1H3,(H,19,20). The first-order valence-electron chi connectivity index (χ1n) is 6.30. The molecule has 21 heavy (non-hydrogen) atoms. The normalized spacial score (nSPS) is 10.8. The third-order valence-corrected chi connectivity index (χ3v) is 3.19. The van der Waals surface area contributed by atoms with Gasteiger partial charge in [0.25, 0.3) is 0 Å². The van der Waals surface area contributed by atoms with Crippen molar-refractivity contribution in [1.82, 2.24) is 4.98 Å². The van der Waals surface area contributed by atoms with E-state index < -0.39 is 5.97 Å². The lowest BCUT2D eigenvalue weighted by Gasteiger charge is -2.09. The molecule has 1 N–H and O–H groups in total. The average molecular weight is 348 g/mol. The second-order valence-corrected chi connectivity index (χ2v) is 5.33. The molecular formula is C16H14BrNO3. The van der Waals surface area contributed by atoms with E-state index in [-0.39, 0.29) is 0 Å². The Labute approximate surface area is 131 Å². The molecule has 108 valence electrons. The van der Waals surface area contributed by atoms with Crippen molar-refractivity contribution in [2.75, 3.05) is 0 Å². The lowest BCUT2D eigenvalue weighted by molar-refractivity contribution is -0.131. The first-order valence-corrected chi connectivity index (χ1v) is 7.10. The fourth-order valence-corrected chi connectivity index (χ4v) is 2.15. The number of benzene rings is 1. The molecule has 2 rings (SSSR count). The number of aromatic nitrogens is 1. The summed E-state index contributed by atoms with van der Waals surface area (Å²) >= 11 is 3.36. The first-order chi connectivity index (χ1) is 10.0. The second kappa shape index (κ2) is 7.04. The number of halogens is 1. The van der Waals surface area contributed by atoms with Gasteiger partial charge in [-0.2, -0.15) is 0 Å². The summed E-state index contributed by atoms with van der Waals surface area (Å²) in [7, 11) is 0. The van der Waals surface area contributed by atoms with Crippen molar-refractivity contribution >= 4 is 28.0 Å². The lowest BCUT2D eigenvalue weighted by Crippen LogP contribution is -2.00. The number of carboxylic acids is 1. The number of aryl methyl sites for hydroxylation is 1. The average Bonchev–Trinajstić information content (AvgIpc) is 2.44. The highest BCUT2D eigenvalue weighted by molar-refractivity contribution is 9.10.